The molecule has 0 amide bonds. The van der Waals surface area contributed by atoms with E-state index in [4.69, 9.17) is 9.84 Å². The van der Waals surface area contributed by atoms with Crippen molar-refractivity contribution in [1.29, 1.82) is 0 Å². The van der Waals surface area contributed by atoms with Crippen LogP contribution in [0.3, 0.4) is 0 Å². The number of piperidine rings is 1. The fourth-order valence-electron chi connectivity index (χ4n) is 2.58. The van der Waals surface area contributed by atoms with Crippen LogP contribution >= 0.6 is 0 Å². The van der Waals surface area contributed by atoms with Crippen molar-refractivity contribution in [2.24, 2.45) is 0 Å². The van der Waals surface area contributed by atoms with Crippen LogP contribution in [0.2, 0.25) is 0 Å². The van der Waals surface area contributed by atoms with Gasteiger partial charge in [0.25, 0.3) is 0 Å². The van der Waals surface area contributed by atoms with E-state index in [9.17, 15) is 4.79 Å². The lowest BCUT2D eigenvalue weighted by Crippen LogP contribution is -2.37. The molecule has 0 atom stereocenters. The van der Waals surface area contributed by atoms with E-state index in [1.54, 1.807) is 12.2 Å². The van der Waals surface area contributed by atoms with Crippen LogP contribution in [0.4, 0.5) is 0 Å². The van der Waals surface area contributed by atoms with Gasteiger partial charge in [0, 0.05) is 25.2 Å². The predicted molar refractivity (Wildman–Crippen MR) is 93.5 cm³/mol. The van der Waals surface area contributed by atoms with Gasteiger partial charge < -0.3 is 19.6 Å². The highest BCUT2D eigenvalue weighted by molar-refractivity contribution is 5.86. The van der Waals surface area contributed by atoms with Crippen molar-refractivity contribution in [3.8, 4) is 0 Å². The molecule has 0 aromatic heterocycles. The van der Waals surface area contributed by atoms with Crippen molar-refractivity contribution in [2.75, 3.05) is 46.4 Å². The second-order valence-corrected chi connectivity index (χ2v) is 6.18. The van der Waals surface area contributed by atoms with Gasteiger partial charge in [-0.15, -0.1) is 0 Å². The number of allylic oxidation sites excluding steroid dienone is 3. The maximum Gasteiger partial charge on any atom is 0.331 e. The molecule has 5 heteroatoms. The minimum absolute atomic E-state index is 0.395. The Kier molecular flexibility index (Phi) is 9.64. The normalized spacial score (nSPS) is 17.6. The summed E-state index contributed by atoms with van der Waals surface area (Å²) in [6.07, 6.45) is 7.92. The summed E-state index contributed by atoms with van der Waals surface area (Å²) in [5, 5.41) is 8.95. The fourth-order valence-corrected chi connectivity index (χ4v) is 2.58. The van der Waals surface area contributed by atoms with Crippen molar-refractivity contribution >= 4 is 5.97 Å². The third-order valence-electron chi connectivity index (χ3n) is 4.22. The van der Waals surface area contributed by atoms with Crippen LogP contribution in [0, 0.1) is 0 Å². The van der Waals surface area contributed by atoms with Crippen molar-refractivity contribution in [3.05, 3.63) is 23.5 Å². The second-order valence-electron chi connectivity index (χ2n) is 6.18. The first-order valence-corrected chi connectivity index (χ1v) is 8.67. The van der Waals surface area contributed by atoms with Crippen LogP contribution in [-0.4, -0.2) is 67.3 Å². The number of ether oxygens (including phenoxy) is 1. The van der Waals surface area contributed by atoms with Crippen LogP contribution in [0.15, 0.2) is 23.5 Å². The van der Waals surface area contributed by atoms with Gasteiger partial charge in [0.1, 0.15) is 6.61 Å². The number of rotatable bonds is 10. The second kappa shape index (κ2) is 11.2. The van der Waals surface area contributed by atoms with Gasteiger partial charge in [0.15, 0.2) is 0 Å². The number of hydrogen-bond acceptors (Lipinski definition) is 4. The van der Waals surface area contributed by atoms with E-state index < -0.39 is 5.97 Å². The Bertz CT molecular complexity index is 412. The van der Waals surface area contributed by atoms with Crippen LogP contribution in [-0.2, 0) is 9.53 Å². The maximum absolute atomic E-state index is 10.9. The molecule has 1 aliphatic rings. The van der Waals surface area contributed by atoms with Gasteiger partial charge in [-0.25, -0.2) is 4.79 Å². The minimum atomic E-state index is -0.867. The highest BCUT2D eigenvalue weighted by Gasteiger charge is 2.10. The summed E-state index contributed by atoms with van der Waals surface area (Å²) < 4.78 is 5.65. The van der Waals surface area contributed by atoms with Gasteiger partial charge >= 0.3 is 5.97 Å². The monoisotopic (exact) mass is 324 g/mol. The largest absolute Gasteiger partial charge is 0.497 e. The molecule has 1 N–H and O–H groups in total. The average molecular weight is 324 g/mol. The Labute approximate surface area is 140 Å². The molecule has 0 aromatic rings. The van der Waals surface area contributed by atoms with E-state index in [0.29, 0.717) is 18.6 Å². The number of likely N-dealkylation sites (tertiary alicyclic amines) is 1. The number of aliphatic carboxylic acids is 1. The molecule has 1 saturated heterocycles. The third-order valence-corrected chi connectivity index (χ3v) is 4.22. The summed E-state index contributed by atoms with van der Waals surface area (Å²) >= 11 is 0. The zero-order valence-electron chi connectivity index (χ0n) is 14.9. The van der Waals surface area contributed by atoms with Gasteiger partial charge in [-0.3, -0.25) is 0 Å². The van der Waals surface area contributed by atoms with Crippen molar-refractivity contribution in [3.63, 3.8) is 0 Å². The highest BCUT2D eigenvalue weighted by atomic mass is 16.5. The lowest BCUT2D eigenvalue weighted by atomic mass is 10.1. The Morgan fingerprint density at radius 1 is 1.22 bits per heavy atom. The van der Waals surface area contributed by atoms with E-state index >= 15 is 0 Å². The first-order chi connectivity index (χ1) is 11.0. The number of nitrogens with zero attached hydrogens (tertiary/aromatic N) is 2. The molecular formula is C18H32N2O3. The fraction of sp³-hybridized carbons (Fsp3) is 0.722. The maximum atomic E-state index is 10.9. The van der Waals surface area contributed by atoms with E-state index in [0.717, 1.165) is 25.4 Å². The van der Waals surface area contributed by atoms with E-state index in [-0.39, 0.29) is 0 Å². The molecule has 1 heterocycles. The van der Waals surface area contributed by atoms with Crippen LogP contribution < -0.4 is 0 Å². The zero-order chi connectivity index (χ0) is 17.1. The van der Waals surface area contributed by atoms with Crippen LogP contribution in [0.25, 0.3) is 0 Å². The first-order valence-electron chi connectivity index (χ1n) is 8.67. The molecule has 1 rings (SSSR count). The molecule has 0 spiro atoms. The molecule has 0 aliphatic carbocycles. The molecule has 0 bridgehead atoms. The summed E-state index contributed by atoms with van der Waals surface area (Å²) in [5.41, 5.74) is 0.395. The number of carbonyl (C=O) groups is 1. The lowest BCUT2D eigenvalue weighted by molar-refractivity contribution is -0.132. The smallest absolute Gasteiger partial charge is 0.331 e. The Balaban J connectivity index is 2.20. The molecule has 5 nitrogen and oxygen atoms in total. The molecule has 23 heavy (non-hydrogen) atoms. The van der Waals surface area contributed by atoms with Gasteiger partial charge in [-0.1, -0.05) is 13.3 Å². The molecule has 0 aromatic carbocycles. The Morgan fingerprint density at radius 2 is 1.91 bits per heavy atom. The molecule has 132 valence electrons. The molecule has 0 radical (unpaired) electrons. The number of carboxylic acids is 1. The lowest BCUT2D eigenvalue weighted by Gasteiger charge is -2.28. The van der Waals surface area contributed by atoms with Gasteiger partial charge in [0.2, 0.25) is 0 Å². The average Bonchev–Trinajstić information content (AvgIpc) is 2.54. The van der Waals surface area contributed by atoms with Crippen molar-refractivity contribution in [2.45, 2.75) is 39.5 Å². The van der Waals surface area contributed by atoms with E-state index in [2.05, 4.69) is 16.8 Å². The topological polar surface area (TPSA) is 53.0 Å². The van der Waals surface area contributed by atoms with Gasteiger partial charge in [-0.2, -0.15) is 0 Å². The van der Waals surface area contributed by atoms with Crippen molar-refractivity contribution in [1.82, 2.24) is 9.80 Å². The van der Waals surface area contributed by atoms with Gasteiger partial charge in [0.05, 0.1) is 5.76 Å². The molecular weight excluding hydrogens is 292 g/mol. The highest BCUT2D eigenvalue weighted by Crippen LogP contribution is 2.08. The predicted octanol–water partition coefficient (Wildman–Crippen LogP) is 2.75. The summed E-state index contributed by atoms with van der Waals surface area (Å²) in [4.78, 5) is 15.7. The zero-order valence-corrected chi connectivity index (χ0v) is 14.9. The number of hydrogen-bond donors (Lipinski definition) is 1. The van der Waals surface area contributed by atoms with Crippen molar-refractivity contribution < 1.29 is 14.6 Å². The molecule has 0 unspecified atom stereocenters. The third kappa shape index (κ3) is 8.77. The van der Waals surface area contributed by atoms with Crippen LogP contribution in [0.5, 0.6) is 0 Å². The summed E-state index contributed by atoms with van der Waals surface area (Å²) in [7, 11) is 2.12. The summed E-state index contributed by atoms with van der Waals surface area (Å²) in [5.74, 6) is -0.115. The minimum Gasteiger partial charge on any atom is -0.497 e. The molecule has 1 aliphatic heterocycles. The Morgan fingerprint density at radius 3 is 2.52 bits per heavy atom. The first kappa shape index (κ1) is 19.7. The number of likely N-dealkylation sites (N-methyl/N-ethyl adjacent to an activating group) is 1. The van der Waals surface area contributed by atoms with Gasteiger partial charge in [-0.05, 0) is 58.5 Å². The van der Waals surface area contributed by atoms with E-state index in [1.165, 1.54) is 32.4 Å². The molecule has 1 fully saturated rings. The Hall–Kier alpha value is -1.33. The SMILES string of the molecule is CC/C(=C\C=C(/C)OCCN(C)CCN1CCCCC1)C(=O)O. The molecule has 0 saturated carbocycles. The number of carboxylic acid groups (broad SMARTS) is 1. The summed E-state index contributed by atoms with van der Waals surface area (Å²) in [6, 6.07) is 0. The standard InChI is InChI=1S/C18H32N2O3/c1-4-17(18(21)22)9-8-16(2)23-15-14-19(3)12-13-20-10-6-5-7-11-20/h8-9H,4-7,10-15H2,1-3H3,(H,21,22)/b16-8+,17-9+. The van der Waals surface area contributed by atoms with E-state index in [1.807, 2.05) is 13.8 Å². The van der Waals surface area contributed by atoms with Crippen LogP contribution in [0.1, 0.15) is 39.5 Å². The quantitative estimate of drug-likeness (QED) is 0.380. The summed E-state index contributed by atoms with van der Waals surface area (Å²) in [6.45, 7) is 9.87.